The van der Waals surface area contributed by atoms with Crippen molar-refractivity contribution in [2.75, 3.05) is 0 Å². The summed E-state index contributed by atoms with van der Waals surface area (Å²) in [6.45, 7) is 0. The number of hydrogen-bond acceptors (Lipinski definition) is 9. The molecule has 13 nitrogen and oxygen atoms in total. The van der Waals surface area contributed by atoms with E-state index in [4.69, 9.17) is 27.4 Å². The minimum atomic E-state index is -1.22. The summed E-state index contributed by atoms with van der Waals surface area (Å²) < 4.78 is 0. The largest absolute Gasteiger partial charge is 0.480 e. The van der Waals surface area contributed by atoms with E-state index in [1.54, 1.807) is 0 Å². The lowest BCUT2D eigenvalue weighted by Gasteiger charge is -2.07. The molecule has 2 heterocycles. The number of imidazole rings is 2. The van der Waals surface area contributed by atoms with Crippen LogP contribution in [-0.2, 0) is 22.4 Å². The van der Waals surface area contributed by atoms with Gasteiger partial charge in [0.1, 0.15) is 12.1 Å². The molecule has 3 unspecified atom stereocenters. The van der Waals surface area contributed by atoms with Crippen LogP contribution in [0.4, 0.5) is 0 Å². The molecule has 0 spiro atoms. The Hall–Kier alpha value is -3.42. The van der Waals surface area contributed by atoms with Gasteiger partial charge in [0.05, 0.1) is 6.04 Å². The molecule has 0 aliphatic heterocycles. The highest BCUT2D eigenvalue weighted by atomic mass is 16.4. The lowest BCUT2D eigenvalue weighted by atomic mass is 10.1. The number of Topliss-reactive ketones (excluding diaryl/α,β-unsaturated/α-hetero) is 2. The second-order valence-electron chi connectivity index (χ2n) is 6.41. The number of nitrogens with two attached hydrogens (primary N) is 3. The second kappa shape index (κ2) is 9.18. The normalized spacial score (nSPS) is 14.2. The van der Waals surface area contributed by atoms with E-state index in [1.807, 2.05) is 0 Å². The number of aliphatic carboxylic acids is 2. The number of carbonyl (C=O) groups is 4. The van der Waals surface area contributed by atoms with Crippen molar-refractivity contribution in [2.24, 2.45) is 17.2 Å². The molecule has 0 aliphatic carbocycles. The standard InChI is InChI=1S/C16H21N7O6/c17-8(12(25)14-21-5-7(23-14)2-10(19)16(28)29)3-11(24)13-20-4-6(22-13)1-9(18)15(26)27/h4-5,8-10H,1-3,17-19H2,(H,20,22)(H,21,23)(H,26,27)(H,28,29). The predicted octanol–water partition coefficient (Wildman–Crippen LogP) is -2.18. The van der Waals surface area contributed by atoms with Crippen molar-refractivity contribution in [2.45, 2.75) is 37.4 Å². The number of rotatable bonds is 11. The van der Waals surface area contributed by atoms with E-state index in [9.17, 15) is 19.2 Å². The minimum absolute atomic E-state index is 0.0474. The third-order valence-corrected chi connectivity index (χ3v) is 4.01. The van der Waals surface area contributed by atoms with E-state index in [1.165, 1.54) is 12.4 Å². The Labute approximate surface area is 163 Å². The van der Waals surface area contributed by atoms with Gasteiger partial charge in [0.15, 0.2) is 17.4 Å². The Kier molecular flexibility index (Phi) is 6.93. The lowest BCUT2D eigenvalue weighted by molar-refractivity contribution is -0.139. The predicted molar refractivity (Wildman–Crippen MR) is 97.1 cm³/mol. The summed E-state index contributed by atoms with van der Waals surface area (Å²) in [5.74, 6) is -3.79. The van der Waals surface area contributed by atoms with Crippen LogP contribution < -0.4 is 17.2 Å². The van der Waals surface area contributed by atoms with Gasteiger partial charge in [0.25, 0.3) is 0 Å². The van der Waals surface area contributed by atoms with E-state index < -0.39 is 41.6 Å². The first kappa shape index (κ1) is 21.9. The van der Waals surface area contributed by atoms with Crippen LogP contribution in [0.5, 0.6) is 0 Å². The third-order valence-electron chi connectivity index (χ3n) is 4.01. The molecule has 13 heteroatoms. The van der Waals surface area contributed by atoms with Crippen LogP contribution in [-0.4, -0.2) is 71.8 Å². The summed E-state index contributed by atoms with van der Waals surface area (Å²) in [4.78, 5) is 59.1. The number of aromatic amines is 2. The first-order chi connectivity index (χ1) is 13.6. The first-order valence-corrected chi connectivity index (χ1v) is 8.46. The Morgan fingerprint density at radius 2 is 1.28 bits per heavy atom. The third kappa shape index (κ3) is 5.78. The number of nitrogens with one attached hydrogen (secondary N) is 2. The van der Waals surface area contributed by atoms with Gasteiger partial charge < -0.3 is 37.4 Å². The van der Waals surface area contributed by atoms with Crippen LogP contribution in [0, 0.1) is 0 Å². The van der Waals surface area contributed by atoms with Gasteiger partial charge in [-0.2, -0.15) is 0 Å². The molecule has 3 atom stereocenters. The van der Waals surface area contributed by atoms with Crippen molar-refractivity contribution in [3.05, 3.63) is 35.4 Å². The molecular formula is C16H21N7O6. The highest BCUT2D eigenvalue weighted by Gasteiger charge is 2.25. The second-order valence-corrected chi connectivity index (χ2v) is 6.41. The summed E-state index contributed by atoms with van der Waals surface area (Å²) in [6, 6.07) is -3.52. The lowest BCUT2D eigenvalue weighted by Crippen LogP contribution is -2.34. The van der Waals surface area contributed by atoms with E-state index in [2.05, 4.69) is 19.9 Å². The highest BCUT2D eigenvalue weighted by molar-refractivity contribution is 6.02. The maximum absolute atomic E-state index is 12.3. The van der Waals surface area contributed by atoms with E-state index in [0.29, 0.717) is 11.4 Å². The van der Waals surface area contributed by atoms with Gasteiger partial charge >= 0.3 is 11.9 Å². The fourth-order valence-electron chi connectivity index (χ4n) is 2.41. The van der Waals surface area contributed by atoms with Crippen LogP contribution in [0.25, 0.3) is 0 Å². The zero-order valence-corrected chi connectivity index (χ0v) is 15.2. The number of carboxylic acids is 2. The van der Waals surface area contributed by atoms with Crippen LogP contribution >= 0.6 is 0 Å². The monoisotopic (exact) mass is 407 g/mol. The summed E-state index contributed by atoms with van der Waals surface area (Å²) in [6.07, 6.45) is 2.08. The number of H-pyrrole nitrogens is 2. The molecule has 0 bridgehead atoms. The Balaban J connectivity index is 1.96. The van der Waals surface area contributed by atoms with E-state index >= 15 is 0 Å². The molecule has 0 saturated carbocycles. The SMILES string of the molecule is NC(Cc1cnc(C(=O)CC(N)C(=O)c2ncc(CC(N)C(=O)O)[nH]2)[nH]1)C(=O)O. The average Bonchev–Trinajstić information content (AvgIpc) is 3.30. The smallest absolute Gasteiger partial charge is 0.320 e. The number of hydrogen-bond donors (Lipinski definition) is 7. The molecule has 0 aromatic carbocycles. The molecule has 0 radical (unpaired) electrons. The number of carboxylic acid groups (broad SMARTS) is 2. The van der Waals surface area contributed by atoms with E-state index in [-0.39, 0.29) is 30.9 Å². The molecule has 2 aromatic rings. The Bertz CT molecular complexity index is 921. The molecule has 10 N–H and O–H groups in total. The topological polar surface area (TPSA) is 244 Å². The maximum Gasteiger partial charge on any atom is 0.320 e. The van der Waals surface area contributed by atoms with Gasteiger partial charge in [-0.1, -0.05) is 0 Å². The van der Waals surface area contributed by atoms with Crippen LogP contribution in [0.1, 0.15) is 39.0 Å². The quantitative estimate of drug-likeness (QED) is 0.197. The number of carbonyl (C=O) groups excluding carboxylic acids is 2. The van der Waals surface area contributed by atoms with Gasteiger partial charge in [-0.05, 0) is 0 Å². The molecule has 0 amide bonds. The molecule has 0 aliphatic rings. The summed E-state index contributed by atoms with van der Waals surface area (Å²) in [5.41, 5.74) is 17.3. The summed E-state index contributed by atoms with van der Waals surface area (Å²) in [5, 5.41) is 17.6. The molecular weight excluding hydrogens is 386 g/mol. The molecule has 0 fully saturated rings. The fraction of sp³-hybridized carbons (Fsp3) is 0.375. The van der Waals surface area contributed by atoms with Gasteiger partial charge in [0, 0.05) is 43.0 Å². The zero-order chi connectivity index (χ0) is 21.7. The highest BCUT2D eigenvalue weighted by Crippen LogP contribution is 2.08. The molecule has 156 valence electrons. The van der Waals surface area contributed by atoms with Gasteiger partial charge in [-0.15, -0.1) is 0 Å². The van der Waals surface area contributed by atoms with Crippen molar-refractivity contribution in [3.8, 4) is 0 Å². The average molecular weight is 407 g/mol. The van der Waals surface area contributed by atoms with Gasteiger partial charge in [-0.25, -0.2) is 9.97 Å². The zero-order valence-electron chi connectivity index (χ0n) is 15.2. The Morgan fingerprint density at radius 1 is 0.828 bits per heavy atom. The van der Waals surface area contributed by atoms with Crippen LogP contribution in [0.15, 0.2) is 12.4 Å². The number of ketones is 2. The number of nitrogens with zero attached hydrogens (tertiary/aromatic N) is 2. The van der Waals surface area contributed by atoms with Crippen molar-refractivity contribution >= 4 is 23.5 Å². The van der Waals surface area contributed by atoms with Crippen molar-refractivity contribution < 1.29 is 29.4 Å². The summed E-state index contributed by atoms with van der Waals surface area (Å²) in [7, 11) is 0. The molecule has 2 rings (SSSR count). The molecule has 0 saturated heterocycles. The summed E-state index contributed by atoms with van der Waals surface area (Å²) >= 11 is 0. The Morgan fingerprint density at radius 3 is 1.76 bits per heavy atom. The fourth-order valence-corrected chi connectivity index (χ4v) is 2.41. The number of aromatic nitrogens is 4. The molecule has 29 heavy (non-hydrogen) atoms. The van der Waals surface area contributed by atoms with Crippen molar-refractivity contribution in [3.63, 3.8) is 0 Å². The van der Waals surface area contributed by atoms with Crippen molar-refractivity contribution in [1.82, 2.24) is 19.9 Å². The van der Waals surface area contributed by atoms with Crippen LogP contribution in [0.2, 0.25) is 0 Å². The van der Waals surface area contributed by atoms with Crippen molar-refractivity contribution in [1.29, 1.82) is 0 Å². The van der Waals surface area contributed by atoms with E-state index in [0.717, 1.165) is 0 Å². The van der Waals surface area contributed by atoms with Gasteiger partial charge in [0.2, 0.25) is 5.78 Å². The first-order valence-electron chi connectivity index (χ1n) is 8.46. The van der Waals surface area contributed by atoms with Crippen LogP contribution in [0.3, 0.4) is 0 Å². The molecule has 2 aromatic heterocycles. The minimum Gasteiger partial charge on any atom is -0.480 e. The maximum atomic E-state index is 12.3. The van der Waals surface area contributed by atoms with Gasteiger partial charge in [-0.3, -0.25) is 19.2 Å².